The molecule has 3 heterocycles. The average Bonchev–Trinajstić information content (AvgIpc) is 3.94. The molecule has 9 aromatic carbocycles. The van der Waals surface area contributed by atoms with E-state index < -0.39 is 0 Å². The molecule has 0 radical (unpaired) electrons. The van der Waals surface area contributed by atoms with E-state index in [-0.39, 0.29) is 0 Å². The summed E-state index contributed by atoms with van der Waals surface area (Å²) in [5.41, 5.74) is 17.9. The number of aromatic nitrogens is 2. The van der Waals surface area contributed by atoms with E-state index in [4.69, 9.17) is 0 Å². The second-order valence-corrected chi connectivity index (χ2v) is 16.3. The second kappa shape index (κ2) is 13.6. The molecule has 290 valence electrons. The van der Waals surface area contributed by atoms with Gasteiger partial charge < -0.3 is 18.8 Å². The third-order valence-electron chi connectivity index (χ3n) is 12.9. The molecule has 3 aromatic heterocycles. The van der Waals surface area contributed by atoms with Crippen LogP contribution in [-0.4, -0.2) is 8.97 Å². The highest BCUT2D eigenvalue weighted by Crippen LogP contribution is 2.50. The zero-order valence-electron chi connectivity index (χ0n) is 34.3. The van der Waals surface area contributed by atoms with Gasteiger partial charge in [0, 0.05) is 73.2 Å². The van der Waals surface area contributed by atoms with Gasteiger partial charge in [0.2, 0.25) is 0 Å². The first-order chi connectivity index (χ1) is 30.1. The van der Waals surface area contributed by atoms with E-state index in [1.165, 1.54) is 99.2 Å². The molecule has 61 heavy (non-hydrogen) atoms. The summed E-state index contributed by atoms with van der Waals surface area (Å²) in [7, 11) is 2.22. The van der Waals surface area contributed by atoms with E-state index in [1.54, 1.807) is 0 Å². The van der Waals surface area contributed by atoms with Crippen LogP contribution in [0.15, 0.2) is 200 Å². The summed E-state index contributed by atoms with van der Waals surface area (Å²) in [6, 6.07) is 73.2. The lowest BCUT2D eigenvalue weighted by Crippen LogP contribution is -2.11. The quantitative estimate of drug-likeness (QED) is 0.160. The summed E-state index contributed by atoms with van der Waals surface area (Å²) >= 11 is 0. The molecule has 4 heteroatoms. The van der Waals surface area contributed by atoms with Crippen molar-refractivity contribution < 1.29 is 0 Å². The number of rotatable bonds is 7. The van der Waals surface area contributed by atoms with Crippen LogP contribution in [0.3, 0.4) is 0 Å². The third kappa shape index (κ3) is 5.19. The number of para-hydroxylation sites is 6. The highest BCUT2D eigenvalue weighted by Gasteiger charge is 2.26. The van der Waals surface area contributed by atoms with Gasteiger partial charge in [0.05, 0.1) is 33.4 Å². The van der Waals surface area contributed by atoms with Crippen molar-refractivity contribution in [3.05, 3.63) is 211 Å². The fourth-order valence-corrected chi connectivity index (χ4v) is 10.2. The van der Waals surface area contributed by atoms with Gasteiger partial charge >= 0.3 is 0 Å². The summed E-state index contributed by atoms with van der Waals surface area (Å²) in [6.07, 6.45) is 0. The fraction of sp³-hybridized carbons (Fsp3) is 0.0526. The zero-order valence-corrected chi connectivity index (χ0v) is 34.3. The number of anilines is 6. The molecule has 0 amide bonds. The Labute approximate surface area is 354 Å². The van der Waals surface area contributed by atoms with Crippen LogP contribution >= 0.6 is 0 Å². The number of hydrogen-bond donors (Lipinski definition) is 0. The van der Waals surface area contributed by atoms with Gasteiger partial charge in [0.25, 0.3) is 0 Å². The van der Waals surface area contributed by atoms with Gasteiger partial charge in [-0.25, -0.2) is 0 Å². The first-order valence-electron chi connectivity index (χ1n) is 21.1. The summed E-state index contributed by atoms with van der Waals surface area (Å²) in [6.45, 7) is 4.41. The predicted octanol–water partition coefficient (Wildman–Crippen LogP) is 15.7. The summed E-state index contributed by atoms with van der Waals surface area (Å²) in [5.74, 6) is 0. The molecule has 0 aliphatic rings. The van der Waals surface area contributed by atoms with Crippen molar-refractivity contribution >= 4 is 94.0 Å². The van der Waals surface area contributed by atoms with Gasteiger partial charge in [0.1, 0.15) is 0 Å². The minimum Gasteiger partial charge on any atom is -0.343 e. The van der Waals surface area contributed by atoms with Gasteiger partial charge in [-0.2, -0.15) is 0 Å². The Hall–Kier alpha value is -7.82. The lowest BCUT2D eigenvalue weighted by Gasteiger charge is -2.28. The molecular formula is C57H42N4. The van der Waals surface area contributed by atoms with Crippen LogP contribution in [0.4, 0.5) is 34.1 Å². The van der Waals surface area contributed by atoms with Crippen LogP contribution in [0.1, 0.15) is 11.1 Å². The van der Waals surface area contributed by atoms with Crippen molar-refractivity contribution in [3.8, 4) is 11.1 Å². The maximum Gasteiger partial charge on any atom is 0.0641 e. The first kappa shape index (κ1) is 35.2. The van der Waals surface area contributed by atoms with E-state index in [2.05, 4.69) is 240 Å². The molecule has 0 saturated carbocycles. The minimum atomic E-state index is 1.13. The van der Waals surface area contributed by atoms with Crippen LogP contribution in [0, 0.1) is 13.8 Å². The molecule has 0 bridgehead atoms. The zero-order chi connectivity index (χ0) is 40.8. The first-order valence-corrected chi connectivity index (χ1v) is 21.1. The van der Waals surface area contributed by atoms with Crippen LogP contribution in [0.25, 0.3) is 71.0 Å². The van der Waals surface area contributed by atoms with Crippen molar-refractivity contribution in [2.45, 2.75) is 13.8 Å². The number of fused-ring (bicyclic) bond motifs is 9. The third-order valence-corrected chi connectivity index (χ3v) is 12.9. The molecule has 0 atom stereocenters. The SMILES string of the molecule is Cc1ccccc1N(c1ccccc1)c1ccc(-c2ccc3c4ccc(N(c5ccccc5)c5ccccc5C)c5c6ccccc6n(c3c2)c45)c2c1c1ccccc1n2C. The molecule has 0 saturated heterocycles. The van der Waals surface area contributed by atoms with Gasteiger partial charge in [-0.15, -0.1) is 0 Å². The monoisotopic (exact) mass is 782 g/mol. The number of aryl methyl sites for hydroxylation is 3. The van der Waals surface area contributed by atoms with Crippen molar-refractivity contribution in [2.24, 2.45) is 7.05 Å². The lowest BCUT2D eigenvalue weighted by molar-refractivity contribution is 1.01. The summed E-state index contributed by atoms with van der Waals surface area (Å²) in [5, 5.41) is 7.50. The van der Waals surface area contributed by atoms with E-state index in [0.717, 1.165) is 17.1 Å². The molecule has 0 aliphatic heterocycles. The molecule has 0 N–H and O–H groups in total. The number of nitrogens with zero attached hydrogens (tertiary/aromatic N) is 4. The maximum absolute atomic E-state index is 2.52. The average molecular weight is 783 g/mol. The van der Waals surface area contributed by atoms with Crippen molar-refractivity contribution in [2.75, 3.05) is 9.80 Å². The largest absolute Gasteiger partial charge is 0.343 e. The Morgan fingerprint density at radius 3 is 1.48 bits per heavy atom. The second-order valence-electron chi connectivity index (χ2n) is 16.3. The Morgan fingerprint density at radius 1 is 0.361 bits per heavy atom. The van der Waals surface area contributed by atoms with E-state index >= 15 is 0 Å². The lowest BCUT2D eigenvalue weighted by atomic mass is 9.97. The van der Waals surface area contributed by atoms with Gasteiger partial charge in [-0.1, -0.05) is 133 Å². The summed E-state index contributed by atoms with van der Waals surface area (Å²) in [4.78, 5) is 4.87. The van der Waals surface area contributed by atoms with E-state index in [1.807, 2.05) is 0 Å². The molecule has 0 aliphatic carbocycles. The molecule has 0 unspecified atom stereocenters. The Balaban J connectivity index is 1.13. The molecule has 12 rings (SSSR count). The Bertz CT molecular complexity index is 3630. The normalized spacial score (nSPS) is 11.9. The Morgan fingerprint density at radius 2 is 0.852 bits per heavy atom. The van der Waals surface area contributed by atoms with Crippen LogP contribution in [0.5, 0.6) is 0 Å². The standard InChI is InChI=1S/C57H42N4/c1-37-18-10-14-26-47(37)59(40-20-6-4-7-21-40)51-34-32-42(56-54(51)45-24-12-16-28-49(45)58(56)3)39-30-31-43-44-33-35-52(55-46-25-13-17-29-50(46)61(57(44)55)53(43)36-39)60(41-22-8-5-9-23-41)48-27-15-11-19-38(48)2/h4-36H,1-3H3. The highest BCUT2D eigenvalue weighted by atomic mass is 15.2. The molecule has 4 nitrogen and oxygen atoms in total. The number of hydrogen-bond acceptors (Lipinski definition) is 2. The van der Waals surface area contributed by atoms with Crippen molar-refractivity contribution in [1.29, 1.82) is 0 Å². The Kier molecular flexibility index (Phi) is 7.85. The van der Waals surface area contributed by atoms with Crippen LogP contribution in [0.2, 0.25) is 0 Å². The highest BCUT2D eigenvalue weighted by molar-refractivity contribution is 6.28. The van der Waals surface area contributed by atoms with Crippen molar-refractivity contribution in [3.63, 3.8) is 0 Å². The van der Waals surface area contributed by atoms with Crippen LogP contribution in [-0.2, 0) is 7.05 Å². The van der Waals surface area contributed by atoms with Crippen LogP contribution < -0.4 is 9.80 Å². The van der Waals surface area contributed by atoms with E-state index in [9.17, 15) is 0 Å². The van der Waals surface area contributed by atoms with Gasteiger partial charge in [-0.3, -0.25) is 0 Å². The summed E-state index contributed by atoms with van der Waals surface area (Å²) < 4.78 is 4.91. The molecular weight excluding hydrogens is 741 g/mol. The molecule has 0 spiro atoms. The molecule has 0 fully saturated rings. The topological polar surface area (TPSA) is 15.8 Å². The number of benzene rings is 9. The molecule has 12 aromatic rings. The smallest absolute Gasteiger partial charge is 0.0641 e. The van der Waals surface area contributed by atoms with Crippen molar-refractivity contribution in [1.82, 2.24) is 8.97 Å². The van der Waals surface area contributed by atoms with E-state index in [0.29, 0.717) is 0 Å². The minimum absolute atomic E-state index is 1.13. The predicted molar refractivity (Wildman–Crippen MR) is 259 cm³/mol. The maximum atomic E-state index is 2.52. The van der Waals surface area contributed by atoms with Gasteiger partial charge in [-0.05, 0) is 97.3 Å². The van der Waals surface area contributed by atoms with Gasteiger partial charge in [0.15, 0.2) is 0 Å². The fourth-order valence-electron chi connectivity index (χ4n) is 10.2.